The molecule has 6 nitrogen and oxygen atoms in total. The van der Waals surface area contributed by atoms with Crippen molar-refractivity contribution in [2.75, 3.05) is 0 Å². The van der Waals surface area contributed by atoms with Crippen LogP contribution >= 0.6 is 22.9 Å². The van der Waals surface area contributed by atoms with Crippen molar-refractivity contribution in [3.63, 3.8) is 0 Å². The van der Waals surface area contributed by atoms with Crippen molar-refractivity contribution in [2.24, 2.45) is 5.41 Å². The molecular formula is C25H25ClN4O2S. The van der Waals surface area contributed by atoms with Crippen molar-refractivity contribution in [1.29, 1.82) is 0 Å². The smallest absolute Gasteiger partial charge is 0.252 e. The van der Waals surface area contributed by atoms with Crippen LogP contribution in [0.4, 0.5) is 0 Å². The van der Waals surface area contributed by atoms with E-state index in [0.717, 1.165) is 27.0 Å². The van der Waals surface area contributed by atoms with Crippen LogP contribution < -0.4 is 5.56 Å². The SMILES string of the molecule is CC(C)(C)C(=O)n1nc(-c2cccc(=O)n2Cc2ccccn2)cc1CCc1ccc(Cl)s1. The van der Waals surface area contributed by atoms with E-state index < -0.39 is 5.41 Å². The van der Waals surface area contributed by atoms with Crippen molar-refractivity contribution in [3.05, 3.63) is 91.7 Å². The fraction of sp³-hybridized carbons (Fsp3) is 0.280. The van der Waals surface area contributed by atoms with Crippen LogP contribution in [-0.2, 0) is 19.4 Å². The Bertz CT molecular complexity index is 1330. The van der Waals surface area contributed by atoms with Gasteiger partial charge in [-0.05, 0) is 49.2 Å². The molecule has 0 fully saturated rings. The quantitative estimate of drug-likeness (QED) is 0.373. The maximum absolute atomic E-state index is 13.2. The lowest BCUT2D eigenvalue weighted by Gasteiger charge is -2.17. The van der Waals surface area contributed by atoms with Gasteiger partial charge in [0.05, 0.1) is 22.3 Å². The molecular weight excluding hydrogens is 456 g/mol. The van der Waals surface area contributed by atoms with Gasteiger partial charge in [-0.3, -0.25) is 14.6 Å². The van der Waals surface area contributed by atoms with E-state index in [1.54, 1.807) is 16.8 Å². The van der Waals surface area contributed by atoms with Gasteiger partial charge in [0, 0.05) is 28.2 Å². The van der Waals surface area contributed by atoms with Gasteiger partial charge in [0.1, 0.15) is 5.69 Å². The summed E-state index contributed by atoms with van der Waals surface area (Å²) >= 11 is 7.61. The molecule has 4 heterocycles. The predicted octanol–water partition coefficient (Wildman–Crippen LogP) is 5.34. The molecule has 8 heteroatoms. The number of carbonyl (C=O) groups is 1. The minimum Gasteiger partial charge on any atom is -0.301 e. The number of hydrogen-bond acceptors (Lipinski definition) is 5. The number of aromatic nitrogens is 4. The molecule has 0 aromatic carbocycles. The van der Waals surface area contributed by atoms with Crippen LogP contribution in [0.2, 0.25) is 4.34 Å². The van der Waals surface area contributed by atoms with Crippen molar-refractivity contribution >= 4 is 28.8 Å². The van der Waals surface area contributed by atoms with Crippen molar-refractivity contribution in [3.8, 4) is 11.4 Å². The molecule has 0 saturated carbocycles. The molecule has 0 amide bonds. The van der Waals surface area contributed by atoms with E-state index in [9.17, 15) is 9.59 Å². The van der Waals surface area contributed by atoms with Crippen LogP contribution in [0.1, 0.15) is 41.8 Å². The number of halogens is 1. The van der Waals surface area contributed by atoms with Crippen LogP contribution in [0.3, 0.4) is 0 Å². The standard InChI is InChI=1S/C25H25ClN4O2S/c1-25(2,3)24(32)30-18(10-11-19-12-13-22(26)33-19)15-20(28-30)21-8-6-9-23(31)29(21)16-17-7-4-5-14-27-17/h4-9,12-15H,10-11,16H2,1-3H3. The van der Waals surface area contributed by atoms with Crippen LogP contribution in [0.15, 0.2) is 65.6 Å². The van der Waals surface area contributed by atoms with Crippen LogP contribution in [0.5, 0.6) is 0 Å². The Labute approximate surface area is 201 Å². The first-order valence-corrected chi connectivity index (χ1v) is 11.9. The lowest BCUT2D eigenvalue weighted by molar-refractivity contribution is 0.0745. The van der Waals surface area contributed by atoms with Crippen molar-refractivity contribution < 1.29 is 4.79 Å². The second kappa shape index (κ2) is 9.45. The van der Waals surface area contributed by atoms with Gasteiger partial charge in [0.15, 0.2) is 0 Å². The second-order valence-electron chi connectivity index (χ2n) is 8.85. The summed E-state index contributed by atoms with van der Waals surface area (Å²) in [5.41, 5.74) is 2.05. The van der Waals surface area contributed by atoms with Crippen LogP contribution in [0, 0.1) is 5.41 Å². The summed E-state index contributed by atoms with van der Waals surface area (Å²) in [6, 6.07) is 16.5. The molecule has 0 radical (unpaired) electrons. The zero-order valence-electron chi connectivity index (χ0n) is 18.8. The zero-order valence-corrected chi connectivity index (χ0v) is 20.4. The molecule has 4 rings (SSSR count). The summed E-state index contributed by atoms with van der Waals surface area (Å²) in [7, 11) is 0. The molecule has 0 atom stereocenters. The Morgan fingerprint density at radius 2 is 1.88 bits per heavy atom. The fourth-order valence-electron chi connectivity index (χ4n) is 3.51. The Hall–Kier alpha value is -3.03. The average molecular weight is 481 g/mol. The third-order valence-corrected chi connectivity index (χ3v) is 6.52. The highest BCUT2D eigenvalue weighted by Gasteiger charge is 2.27. The topological polar surface area (TPSA) is 69.8 Å². The van der Waals surface area contributed by atoms with Gasteiger partial charge >= 0.3 is 0 Å². The average Bonchev–Trinajstić information content (AvgIpc) is 3.39. The summed E-state index contributed by atoms with van der Waals surface area (Å²) in [5.74, 6) is -0.0949. The monoisotopic (exact) mass is 480 g/mol. The van der Waals surface area contributed by atoms with E-state index in [1.807, 2.05) is 63.2 Å². The zero-order chi connectivity index (χ0) is 23.6. The number of rotatable bonds is 6. The van der Waals surface area contributed by atoms with Crippen LogP contribution in [-0.4, -0.2) is 25.2 Å². The van der Waals surface area contributed by atoms with E-state index >= 15 is 0 Å². The summed E-state index contributed by atoms with van der Waals surface area (Å²) in [5, 5.41) is 4.67. The molecule has 0 N–H and O–H groups in total. The normalized spacial score (nSPS) is 11.6. The Morgan fingerprint density at radius 1 is 1.06 bits per heavy atom. The number of thiophene rings is 1. The van der Waals surface area contributed by atoms with Crippen molar-refractivity contribution in [2.45, 2.75) is 40.2 Å². The number of hydrogen-bond donors (Lipinski definition) is 0. The lowest BCUT2D eigenvalue weighted by Crippen LogP contribution is -2.29. The van der Waals surface area contributed by atoms with Gasteiger partial charge in [-0.25, -0.2) is 4.68 Å². The number of aryl methyl sites for hydroxylation is 2. The van der Waals surface area contributed by atoms with E-state index in [4.69, 9.17) is 11.6 Å². The lowest BCUT2D eigenvalue weighted by atomic mass is 9.95. The van der Waals surface area contributed by atoms with Gasteiger partial charge in [-0.2, -0.15) is 5.10 Å². The summed E-state index contributed by atoms with van der Waals surface area (Å²) < 4.78 is 3.87. The highest BCUT2D eigenvalue weighted by molar-refractivity contribution is 7.16. The molecule has 33 heavy (non-hydrogen) atoms. The third-order valence-electron chi connectivity index (χ3n) is 5.23. The molecule has 0 unspecified atom stereocenters. The van der Waals surface area contributed by atoms with E-state index in [1.165, 1.54) is 22.1 Å². The van der Waals surface area contributed by atoms with Gasteiger partial charge in [-0.1, -0.05) is 44.5 Å². The molecule has 4 aromatic rings. The minimum absolute atomic E-state index is 0.0949. The van der Waals surface area contributed by atoms with Crippen molar-refractivity contribution in [1.82, 2.24) is 19.3 Å². The predicted molar refractivity (Wildman–Crippen MR) is 132 cm³/mol. The maximum Gasteiger partial charge on any atom is 0.252 e. The maximum atomic E-state index is 13.2. The van der Waals surface area contributed by atoms with E-state index in [2.05, 4.69) is 10.1 Å². The van der Waals surface area contributed by atoms with E-state index in [0.29, 0.717) is 24.4 Å². The molecule has 0 saturated heterocycles. The third kappa shape index (κ3) is 5.31. The molecule has 4 aromatic heterocycles. The molecule has 0 aliphatic rings. The molecule has 0 aliphatic heterocycles. The minimum atomic E-state index is -0.603. The molecule has 0 bridgehead atoms. The molecule has 0 spiro atoms. The second-order valence-corrected chi connectivity index (χ2v) is 10.6. The number of carbonyl (C=O) groups excluding carboxylic acids is 1. The van der Waals surface area contributed by atoms with Gasteiger partial charge in [0.2, 0.25) is 0 Å². The molecule has 0 aliphatic carbocycles. The first-order valence-electron chi connectivity index (χ1n) is 10.7. The number of pyridine rings is 2. The first kappa shape index (κ1) is 23.1. The fourth-order valence-corrected chi connectivity index (χ4v) is 4.60. The van der Waals surface area contributed by atoms with Gasteiger partial charge in [-0.15, -0.1) is 11.3 Å². The summed E-state index contributed by atoms with van der Waals surface area (Å²) in [6.45, 7) is 5.94. The Balaban J connectivity index is 1.75. The van der Waals surface area contributed by atoms with Gasteiger partial charge < -0.3 is 4.57 Å². The first-order chi connectivity index (χ1) is 15.7. The van der Waals surface area contributed by atoms with Crippen LogP contribution in [0.25, 0.3) is 11.4 Å². The largest absolute Gasteiger partial charge is 0.301 e. The molecule has 170 valence electrons. The van der Waals surface area contributed by atoms with E-state index in [-0.39, 0.29) is 11.5 Å². The highest BCUT2D eigenvalue weighted by atomic mass is 35.5. The Kier molecular flexibility index (Phi) is 6.63. The number of nitrogens with zero attached hydrogens (tertiary/aromatic N) is 4. The highest BCUT2D eigenvalue weighted by Crippen LogP contribution is 2.26. The Morgan fingerprint density at radius 3 is 2.55 bits per heavy atom. The van der Waals surface area contributed by atoms with Gasteiger partial charge in [0.25, 0.3) is 11.5 Å². The summed E-state index contributed by atoms with van der Waals surface area (Å²) in [4.78, 5) is 31.4. The summed E-state index contributed by atoms with van der Waals surface area (Å²) in [6.07, 6.45) is 3.08.